The molecule has 0 unspecified atom stereocenters. The quantitative estimate of drug-likeness (QED) is 0.124. The van der Waals surface area contributed by atoms with Crippen LogP contribution in [0.25, 0.3) is 33.2 Å². The van der Waals surface area contributed by atoms with Gasteiger partial charge in [-0.15, -0.1) is 0 Å². The van der Waals surface area contributed by atoms with Crippen LogP contribution < -0.4 is 4.74 Å². The van der Waals surface area contributed by atoms with E-state index in [1.807, 2.05) is 48.8 Å². The Bertz CT molecular complexity index is 2100. The molecule has 0 aliphatic rings. The zero-order chi connectivity index (χ0) is 35.8. The minimum atomic E-state index is -5.08. The molecule has 6 rings (SSSR count). The summed E-state index contributed by atoms with van der Waals surface area (Å²) in [4.78, 5) is 30.3. The van der Waals surface area contributed by atoms with E-state index < -0.39 is 18.1 Å². The summed E-state index contributed by atoms with van der Waals surface area (Å²) in [5.41, 5.74) is 8.30. The fourth-order valence-electron chi connectivity index (χ4n) is 5.69. The zero-order valence-electron chi connectivity index (χ0n) is 27.7. The number of para-hydroxylation sites is 2. The summed E-state index contributed by atoms with van der Waals surface area (Å²) in [7, 11) is 0. The maximum atomic E-state index is 11.8. The first-order valence-electron chi connectivity index (χ1n) is 16.2. The van der Waals surface area contributed by atoms with E-state index in [0.717, 1.165) is 82.6 Å². The van der Waals surface area contributed by atoms with Crippen LogP contribution in [0.1, 0.15) is 53.5 Å². The monoisotopic (exact) mass is 686 g/mol. The molecule has 0 amide bonds. The van der Waals surface area contributed by atoms with Crippen LogP contribution in [0.2, 0.25) is 0 Å². The highest BCUT2D eigenvalue weighted by molar-refractivity contribution is 5.96. The van der Waals surface area contributed by atoms with Gasteiger partial charge in [-0.05, 0) is 66.3 Å². The number of fused-ring (bicyclic) bond motifs is 2. The lowest BCUT2D eigenvalue weighted by Gasteiger charge is -2.14. The van der Waals surface area contributed by atoms with E-state index in [2.05, 4.69) is 58.3 Å². The number of ether oxygens (including phenoxy) is 1. The first-order chi connectivity index (χ1) is 24.0. The molecule has 0 aliphatic carbocycles. The number of carbonyl (C=O) groups is 2. The van der Waals surface area contributed by atoms with Crippen molar-refractivity contribution in [2.24, 2.45) is 0 Å². The Morgan fingerprint density at radius 2 is 1.60 bits per heavy atom. The first kappa shape index (κ1) is 35.7. The molecule has 0 aliphatic heterocycles. The molecule has 0 bridgehead atoms. The van der Waals surface area contributed by atoms with Gasteiger partial charge in [-0.2, -0.15) is 13.2 Å². The van der Waals surface area contributed by atoms with E-state index >= 15 is 0 Å². The fourth-order valence-corrected chi connectivity index (χ4v) is 5.69. The number of carboxylic acid groups (broad SMARTS) is 2. The molecular formula is C38H37F3N4O5. The molecule has 50 heavy (non-hydrogen) atoms. The van der Waals surface area contributed by atoms with Gasteiger partial charge in [0.05, 0.1) is 35.0 Å². The van der Waals surface area contributed by atoms with Crippen LogP contribution in [0.4, 0.5) is 13.2 Å². The highest BCUT2D eigenvalue weighted by Crippen LogP contribution is 2.32. The number of aromatic carboxylic acids is 1. The molecule has 12 heteroatoms. The van der Waals surface area contributed by atoms with Gasteiger partial charge >= 0.3 is 18.1 Å². The second-order valence-corrected chi connectivity index (χ2v) is 11.8. The van der Waals surface area contributed by atoms with E-state index in [0.29, 0.717) is 24.3 Å². The number of unbranched alkanes of at least 4 members (excludes halogenated alkanes) is 1. The Morgan fingerprint density at radius 3 is 2.30 bits per heavy atom. The molecule has 0 atom stereocenters. The fraction of sp³-hybridized carbons (Fsp3) is 0.263. The van der Waals surface area contributed by atoms with Gasteiger partial charge in [0, 0.05) is 19.5 Å². The van der Waals surface area contributed by atoms with Crippen LogP contribution in [0.3, 0.4) is 0 Å². The smallest absolute Gasteiger partial charge is 0.490 e. The molecule has 0 saturated carbocycles. The van der Waals surface area contributed by atoms with Gasteiger partial charge in [0.2, 0.25) is 0 Å². The molecule has 0 saturated heterocycles. The number of benzene rings is 4. The van der Waals surface area contributed by atoms with Crippen molar-refractivity contribution in [2.45, 2.75) is 58.8 Å². The molecule has 260 valence electrons. The number of alkyl halides is 3. The second-order valence-electron chi connectivity index (χ2n) is 11.8. The Morgan fingerprint density at radius 1 is 0.900 bits per heavy atom. The van der Waals surface area contributed by atoms with E-state index in [4.69, 9.17) is 19.6 Å². The average Bonchev–Trinajstić information content (AvgIpc) is 3.68. The first-order valence-corrected chi connectivity index (χ1v) is 16.2. The summed E-state index contributed by atoms with van der Waals surface area (Å²) in [6, 6.07) is 27.6. The van der Waals surface area contributed by atoms with Crippen LogP contribution in [-0.4, -0.2) is 54.0 Å². The molecule has 0 spiro atoms. The highest BCUT2D eigenvalue weighted by atomic mass is 19.4. The van der Waals surface area contributed by atoms with Crippen LogP contribution in [0.5, 0.6) is 5.75 Å². The van der Waals surface area contributed by atoms with Gasteiger partial charge in [0.15, 0.2) is 0 Å². The molecule has 0 fully saturated rings. The lowest BCUT2D eigenvalue weighted by molar-refractivity contribution is -0.192. The van der Waals surface area contributed by atoms with Crippen molar-refractivity contribution in [1.29, 1.82) is 0 Å². The number of hydrogen-bond acceptors (Lipinski definition) is 5. The number of aryl methyl sites for hydroxylation is 3. The minimum absolute atomic E-state index is 0.302. The van der Waals surface area contributed by atoms with E-state index in [9.17, 15) is 23.1 Å². The second kappa shape index (κ2) is 15.7. The molecule has 6 aromatic rings. The summed E-state index contributed by atoms with van der Waals surface area (Å²) in [5.74, 6) is -1.78. The number of rotatable bonds is 12. The molecule has 2 aromatic heterocycles. The average molecular weight is 687 g/mol. The van der Waals surface area contributed by atoms with Crippen molar-refractivity contribution in [3.8, 4) is 16.9 Å². The normalized spacial score (nSPS) is 11.4. The van der Waals surface area contributed by atoms with Crippen LogP contribution in [0, 0.1) is 6.92 Å². The van der Waals surface area contributed by atoms with Crippen molar-refractivity contribution in [3.05, 3.63) is 114 Å². The molecule has 9 nitrogen and oxygen atoms in total. The Kier molecular flexibility index (Phi) is 11.2. The molecule has 2 N–H and O–H groups in total. The van der Waals surface area contributed by atoms with Gasteiger partial charge in [0.25, 0.3) is 0 Å². The lowest BCUT2D eigenvalue weighted by Crippen LogP contribution is -2.21. The standard InChI is InChI=1S/C36H36N4O3.C2HF3O2/c1-3-4-14-33-38-34-25(2)15-20-32(43-22-9-21-39-24-37-30-12-7-8-13-31(30)39)35(34)40(33)23-26-16-18-27(19-17-26)28-10-5-6-11-29(28)36(41)42;3-2(4,5)1(6)7/h5-8,10-13,15-20,24H,3-4,9,14,21-23H2,1-2H3,(H,41,42);(H,6,7). The number of hydrogen-bond donors (Lipinski definition) is 2. The van der Waals surface area contributed by atoms with Gasteiger partial charge in [-0.3, -0.25) is 0 Å². The highest BCUT2D eigenvalue weighted by Gasteiger charge is 2.38. The molecular weight excluding hydrogens is 649 g/mol. The van der Waals surface area contributed by atoms with Gasteiger partial charge < -0.3 is 24.1 Å². The molecule has 2 heterocycles. The third kappa shape index (κ3) is 8.31. The Hall–Kier alpha value is -5.65. The number of aromatic nitrogens is 4. The lowest BCUT2D eigenvalue weighted by atomic mass is 9.98. The van der Waals surface area contributed by atoms with E-state index in [1.165, 1.54) is 0 Å². The summed E-state index contributed by atoms with van der Waals surface area (Å²) in [5, 5.41) is 16.8. The maximum Gasteiger partial charge on any atom is 0.490 e. The summed E-state index contributed by atoms with van der Waals surface area (Å²) in [6.45, 7) is 6.36. The predicted molar refractivity (Wildman–Crippen MR) is 185 cm³/mol. The number of carboxylic acids is 2. The summed E-state index contributed by atoms with van der Waals surface area (Å²) >= 11 is 0. The number of halogens is 3. The Balaban J connectivity index is 0.000000630. The van der Waals surface area contributed by atoms with Crippen molar-refractivity contribution >= 4 is 34.0 Å². The number of aliphatic carboxylic acids is 1. The summed E-state index contributed by atoms with van der Waals surface area (Å²) < 4.78 is 42.7. The topological polar surface area (TPSA) is 119 Å². The van der Waals surface area contributed by atoms with Gasteiger partial charge in [0.1, 0.15) is 17.1 Å². The minimum Gasteiger partial charge on any atom is -0.491 e. The summed E-state index contributed by atoms with van der Waals surface area (Å²) in [6.07, 6.45) is 0.706. The predicted octanol–water partition coefficient (Wildman–Crippen LogP) is 8.55. The maximum absolute atomic E-state index is 11.8. The number of imidazole rings is 2. The van der Waals surface area contributed by atoms with Crippen LogP contribution in [0.15, 0.2) is 91.3 Å². The van der Waals surface area contributed by atoms with Gasteiger partial charge in [-0.1, -0.05) is 74.0 Å². The van der Waals surface area contributed by atoms with Gasteiger partial charge in [-0.25, -0.2) is 19.6 Å². The van der Waals surface area contributed by atoms with E-state index in [-0.39, 0.29) is 0 Å². The van der Waals surface area contributed by atoms with E-state index in [1.54, 1.807) is 12.1 Å². The largest absolute Gasteiger partial charge is 0.491 e. The van der Waals surface area contributed by atoms with Crippen molar-refractivity contribution in [3.63, 3.8) is 0 Å². The Labute approximate surface area is 286 Å². The molecule has 0 radical (unpaired) electrons. The van der Waals surface area contributed by atoms with Crippen LogP contribution in [-0.2, 0) is 24.3 Å². The van der Waals surface area contributed by atoms with Crippen molar-refractivity contribution in [1.82, 2.24) is 19.1 Å². The third-order valence-electron chi connectivity index (χ3n) is 8.23. The van der Waals surface area contributed by atoms with Crippen LogP contribution >= 0.6 is 0 Å². The molecule has 4 aromatic carbocycles. The number of nitrogens with zero attached hydrogens (tertiary/aromatic N) is 4. The SMILES string of the molecule is CCCCc1nc2c(C)ccc(OCCCn3cnc4ccccc43)c2n1Cc1ccc(-c2ccccc2C(=O)O)cc1.O=C(O)C(F)(F)F. The van der Waals surface area contributed by atoms with Crippen molar-refractivity contribution < 1.29 is 37.7 Å². The zero-order valence-corrected chi connectivity index (χ0v) is 27.7. The third-order valence-corrected chi connectivity index (χ3v) is 8.23. The van der Waals surface area contributed by atoms with Crippen molar-refractivity contribution in [2.75, 3.05) is 6.61 Å².